The van der Waals surface area contributed by atoms with E-state index in [-0.39, 0.29) is 0 Å². The molecule has 1 aliphatic rings. The van der Waals surface area contributed by atoms with Gasteiger partial charge in [0.05, 0.1) is 11.0 Å². The summed E-state index contributed by atoms with van der Waals surface area (Å²) >= 11 is 9.51. The molecule has 0 radical (unpaired) electrons. The zero-order valence-corrected chi connectivity index (χ0v) is 14.0. The first-order valence-corrected chi connectivity index (χ1v) is 8.84. The van der Waals surface area contributed by atoms with E-state index in [9.17, 15) is 0 Å². The molecule has 0 amide bonds. The second-order valence-electron chi connectivity index (χ2n) is 5.62. The van der Waals surface area contributed by atoms with Crippen LogP contribution in [-0.2, 0) is 6.42 Å². The van der Waals surface area contributed by atoms with Gasteiger partial charge in [0, 0.05) is 22.8 Å². The monoisotopic (exact) mass is 354 g/mol. The minimum atomic E-state index is 0.599. The number of hydrogen-bond donors (Lipinski definition) is 0. The van der Waals surface area contributed by atoms with E-state index in [4.69, 9.17) is 16.6 Å². The zero-order valence-electron chi connectivity index (χ0n) is 11.6. The lowest BCUT2D eigenvalue weighted by Gasteiger charge is -2.20. The number of halogens is 2. The number of fused-ring (bicyclic) bond motifs is 1. The highest BCUT2D eigenvalue weighted by Gasteiger charge is 2.20. The Bertz CT molecular complexity index is 585. The molecule has 3 rings (SSSR count). The number of imidazole rings is 1. The Morgan fingerprint density at radius 2 is 1.95 bits per heavy atom. The zero-order chi connectivity index (χ0) is 13.9. The highest BCUT2D eigenvalue weighted by atomic mass is 79.9. The Hall–Kier alpha value is -0.540. The molecule has 0 N–H and O–H groups in total. The summed E-state index contributed by atoms with van der Waals surface area (Å²) in [5, 5.41) is 0. The van der Waals surface area contributed by atoms with Crippen LogP contribution in [0.2, 0.25) is 0 Å². The number of hydrogen-bond acceptors (Lipinski definition) is 1. The van der Waals surface area contributed by atoms with Crippen LogP contribution >= 0.6 is 27.5 Å². The fourth-order valence-corrected chi connectivity index (χ4v) is 3.82. The van der Waals surface area contributed by atoms with Crippen LogP contribution in [0, 0.1) is 0 Å². The van der Waals surface area contributed by atoms with Crippen LogP contribution in [0.3, 0.4) is 0 Å². The van der Waals surface area contributed by atoms with Gasteiger partial charge in [-0.05, 0) is 31.0 Å². The van der Waals surface area contributed by atoms with E-state index in [0.29, 0.717) is 11.9 Å². The molecule has 1 aromatic carbocycles. The summed E-state index contributed by atoms with van der Waals surface area (Å²) in [6, 6.07) is 7.01. The normalized spacial score (nSPS) is 17.5. The quantitative estimate of drug-likeness (QED) is 0.527. The molecule has 0 spiro atoms. The Balaban J connectivity index is 2.07. The van der Waals surface area contributed by atoms with Crippen molar-refractivity contribution in [2.24, 2.45) is 0 Å². The van der Waals surface area contributed by atoms with E-state index < -0.39 is 0 Å². The molecule has 20 heavy (non-hydrogen) atoms. The third-order valence-electron chi connectivity index (χ3n) is 4.23. The fourth-order valence-electron chi connectivity index (χ4n) is 3.31. The van der Waals surface area contributed by atoms with Gasteiger partial charge in [0.1, 0.15) is 5.82 Å². The summed E-state index contributed by atoms with van der Waals surface area (Å²) in [6.45, 7) is 0. The van der Waals surface area contributed by atoms with Crippen molar-refractivity contribution >= 4 is 38.6 Å². The summed E-state index contributed by atoms with van der Waals surface area (Å²) in [6.07, 6.45) is 8.82. The van der Waals surface area contributed by atoms with Crippen LogP contribution in [0.5, 0.6) is 0 Å². The first-order chi connectivity index (χ1) is 9.79. The second kappa shape index (κ2) is 6.48. The Labute approximate surface area is 133 Å². The highest BCUT2D eigenvalue weighted by Crippen LogP contribution is 2.32. The number of aromatic nitrogens is 2. The van der Waals surface area contributed by atoms with Gasteiger partial charge in [-0.3, -0.25) is 0 Å². The Morgan fingerprint density at radius 3 is 2.65 bits per heavy atom. The largest absolute Gasteiger partial charge is 0.325 e. The fraction of sp³-hybridized carbons (Fsp3) is 0.562. The van der Waals surface area contributed by atoms with Gasteiger partial charge in [0.15, 0.2) is 0 Å². The van der Waals surface area contributed by atoms with Crippen molar-refractivity contribution in [2.75, 3.05) is 5.88 Å². The molecule has 4 heteroatoms. The van der Waals surface area contributed by atoms with E-state index in [1.165, 1.54) is 44.0 Å². The molecule has 1 heterocycles. The van der Waals surface area contributed by atoms with E-state index in [2.05, 4.69) is 38.7 Å². The molecule has 1 aromatic heterocycles. The number of nitrogens with zero attached hydrogens (tertiary/aromatic N) is 2. The van der Waals surface area contributed by atoms with Crippen molar-refractivity contribution < 1.29 is 0 Å². The van der Waals surface area contributed by atoms with Crippen molar-refractivity contribution in [3.63, 3.8) is 0 Å². The molecule has 0 aliphatic heterocycles. The predicted molar refractivity (Wildman–Crippen MR) is 88.6 cm³/mol. The Kier molecular flexibility index (Phi) is 4.67. The van der Waals surface area contributed by atoms with Gasteiger partial charge in [0.2, 0.25) is 0 Å². The second-order valence-corrected chi connectivity index (χ2v) is 6.91. The summed E-state index contributed by atoms with van der Waals surface area (Å²) in [4.78, 5) is 4.82. The summed E-state index contributed by atoms with van der Waals surface area (Å²) in [5.41, 5.74) is 2.35. The minimum absolute atomic E-state index is 0.599. The maximum atomic E-state index is 5.98. The van der Waals surface area contributed by atoms with Crippen molar-refractivity contribution in [1.29, 1.82) is 0 Å². The van der Waals surface area contributed by atoms with Gasteiger partial charge >= 0.3 is 0 Å². The molecular weight excluding hydrogens is 336 g/mol. The van der Waals surface area contributed by atoms with Crippen LogP contribution in [0.4, 0.5) is 0 Å². The smallest absolute Gasteiger partial charge is 0.111 e. The SMILES string of the molecule is ClCCc1nc2cc(Br)ccc2n1C1CCCCCC1. The number of rotatable bonds is 3. The third kappa shape index (κ3) is 2.89. The standard InChI is InChI=1S/C16H20BrClN2/c17-12-7-8-15-14(11-12)19-16(9-10-18)20(15)13-5-3-1-2-4-6-13/h7-8,11,13H,1-6,9-10H2. The first-order valence-electron chi connectivity index (χ1n) is 7.52. The molecule has 108 valence electrons. The van der Waals surface area contributed by atoms with Gasteiger partial charge in [-0.2, -0.15) is 0 Å². The molecular formula is C16H20BrClN2. The molecule has 1 saturated carbocycles. The summed E-state index contributed by atoms with van der Waals surface area (Å²) < 4.78 is 3.56. The van der Waals surface area contributed by atoms with Crippen LogP contribution in [-0.4, -0.2) is 15.4 Å². The molecule has 2 aromatic rings. The summed E-state index contributed by atoms with van der Waals surface area (Å²) in [5.74, 6) is 1.79. The lowest BCUT2D eigenvalue weighted by atomic mass is 10.1. The van der Waals surface area contributed by atoms with Gasteiger partial charge in [-0.15, -0.1) is 11.6 Å². The summed E-state index contributed by atoms with van der Waals surface area (Å²) in [7, 11) is 0. The van der Waals surface area contributed by atoms with E-state index >= 15 is 0 Å². The number of benzene rings is 1. The van der Waals surface area contributed by atoms with Crippen LogP contribution < -0.4 is 0 Å². The maximum Gasteiger partial charge on any atom is 0.111 e. The van der Waals surface area contributed by atoms with Crippen LogP contribution in [0.1, 0.15) is 50.4 Å². The molecule has 0 unspecified atom stereocenters. The third-order valence-corrected chi connectivity index (χ3v) is 4.91. The van der Waals surface area contributed by atoms with Crippen molar-refractivity contribution in [1.82, 2.24) is 9.55 Å². The van der Waals surface area contributed by atoms with Gasteiger partial charge in [0.25, 0.3) is 0 Å². The molecule has 0 bridgehead atoms. The minimum Gasteiger partial charge on any atom is -0.325 e. The molecule has 1 fully saturated rings. The maximum absolute atomic E-state index is 5.98. The average Bonchev–Trinajstić information content (AvgIpc) is 2.63. The van der Waals surface area contributed by atoms with Crippen LogP contribution in [0.25, 0.3) is 11.0 Å². The topological polar surface area (TPSA) is 17.8 Å². The van der Waals surface area contributed by atoms with Gasteiger partial charge in [-0.25, -0.2) is 4.98 Å². The van der Waals surface area contributed by atoms with Crippen molar-refractivity contribution in [3.8, 4) is 0 Å². The van der Waals surface area contributed by atoms with E-state index in [0.717, 1.165) is 22.2 Å². The lowest BCUT2D eigenvalue weighted by Crippen LogP contribution is -2.12. The van der Waals surface area contributed by atoms with Crippen molar-refractivity contribution in [2.45, 2.75) is 51.0 Å². The number of alkyl halides is 1. The van der Waals surface area contributed by atoms with Crippen molar-refractivity contribution in [3.05, 3.63) is 28.5 Å². The van der Waals surface area contributed by atoms with Crippen LogP contribution in [0.15, 0.2) is 22.7 Å². The molecule has 1 aliphatic carbocycles. The van der Waals surface area contributed by atoms with Gasteiger partial charge < -0.3 is 4.57 Å². The predicted octanol–water partition coefficient (Wildman–Crippen LogP) is 5.48. The Morgan fingerprint density at radius 1 is 1.20 bits per heavy atom. The van der Waals surface area contributed by atoms with E-state index in [1.807, 2.05) is 0 Å². The highest BCUT2D eigenvalue weighted by molar-refractivity contribution is 9.10. The van der Waals surface area contributed by atoms with Gasteiger partial charge in [-0.1, -0.05) is 41.6 Å². The van der Waals surface area contributed by atoms with E-state index in [1.54, 1.807) is 0 Å². The lowest BCUT2D eigenvalue weighted by molar-refractivity contribution is 0.441. The molecule has 0 atom stereocenters. The average molecular weight is 356 g/mol. The molecule has 0 saturated heterocycles. The molecule has 2 nitrogen and oxygen atoms in total. The number of aryl methyl sites for hydroxylation is 1. The first kappa shape index (κ1) is 14.4.